The van der Waals surface area contributed by atoms with Gasteiger partial charge >= 0.3 is 30.6 Å². The van der Waals surface area contributed by atoms with Crippen molar-refractivity contribution in [2.75, 3.05) is 21.3 Å². The van der Waals surface area contributed by atoms with E-state index in [1.165, 1.54) is 0 Å². The fraction of sp³-hybridized carbons (Fsp3) is 0.130. The van der Waals surface area contributed by atoms with Gasteiger partial charge in [0, 0.05) is 22.7 Å². The second-order valence-corrected chi connectivity index (χ2v) is 7.61. The van der Waals surface area contributed by atoms with E-state index in [2.05, 4.69) is 21.3 Å². The van der Waals surface area contributed by atoms with Crippen molar-refractivity contribution in [3.8, 4) is 0 Å². The third kappa shape index (κ3) is 7.78. The molecular formula is C23H15F9N4O2. The zero-order chi connectivity index (χ0) is 28.3. The van der Waals surface area contributed by atoms with Crippen LogP contribution >= 0.6 is 0 Å². The van der Waals surface area contributed by atoms with Crippen LogP contribution in [-0.2, 0) is 18.5 Å². The van der Waals surface area contributed by atoms with Crippen LogP contribution in [0.5, 0.6) is 0 Å². The number of hydrogen-bond donors (Lipinski definition) is 4. The Balaban J connectivity index is 1.72. The molecular weight excluding hydrogens is 535 g/mol. The first-order valence-corrected chi connectivity index (χ1v) is 10.2. The van der Waals surface area contributed by atoms with Crippen molar-refractivity contribution in [2.24, 2.45) is 0 Å². The highest BCUT2D eigenvalue weighted by molar-refractivity contribution is 6.02. The first-order chi connectivity index (χ1) is 17.5. The lowest BCUT2D eigenvalue weighted by atomic mass is 10.1. The summed E-state index contributed by atoms with van der Waals surface area (Å²) in [6.45, 7) is 0. The predicted molar refractivity (Wildman–Crippen MR) is 120 cm³/mol. The number of benzene rings is 3. The van der Waals surface area contributed by atoms with E-state index in [1.54, 1.807) is 0 Å². The van der Waals surface area contributed by atoms with E-state index >= 15 is 0 Å². The highest BCUT2D eigenvalue weighted by Crippen LogP contribution is 2.34. The van der Waals surface area contributed by atoms with Crippen molar-refractivity contribution >= 4 is 34.8 Å². The van der Waals surface area contributed by atoms with Crippen LogP contribution in [0, 0.1) is 0 Å². The summed E-state index contributed by atoms with van der Waals surface area (Å²) in [5.74, 6) is 0. The van der Waals surface area contributed by atoms with E-state index in [4.69, 9.17) is 0 Å². The molecule has 0 fully saturated rings. The van der Waals surface area contributed by atoms with Gasteiger partial charge in [0.05, 0.1) is 16.7 Å². The summed E-state index contributed by atoms with van der Waals surface area (Å²) in [4.78, 5) is 24.4. The minimum absolute atomic E-state index is 0.0863. The first-order valence-electron chi connectivity index (χ1n) is 10.2. The highest BCUT2D eigenvalue weighted by atomic mass is 19.4. The summed E-state index contributed by atoms with van der Waals surface area (Å²) < 4.78 is 116. The molecule has 6 nitrogen and oxygen atoms in total. The largest absolute Gasteiger partial charge is 0.416 e. The van der Waals surface area contributed by atoms with Crippen molar-refractivity contribution in [1.82, 2.24) is 0 Å². The van der Waals surface area contributed by atoms with Crippen molar-refractivity contribution in [3.63, 3.8) is 0 Å². The minimum atomic E-state index is -4.90. The molecule has 0 aromatic heterocycles. The number of carbonyl (C=O) groups excluding carboxylic acids is 2. The van der Waals surface area contributed by atoms with Gasteiger partial charge in [-0.15, -0.1) is 0 Å². The molecule has 15 heteroatoms. The van der Waals surface area contributed by atoms with Gasteiger partial charge in [-0.2, -0.15) is 39.5 Å². The molecule has 3 aromatic carbocycles. The fourth-order valence-electron chi connectivity index (χ4n) is 3.01. The van der Waals surface area contributed by atoms with Crippen molar-refractivity contribution in [1.29, 1.82) is 0 Å². The van der Waals surface area contributed by atoms with Crippen LogP contribution in [0.25, 0.3) is 0 Å². The van der Waals surface area contributed by atoms with E-state index in [-0.39, 0.29) is 11.4 Å². The summed E-state index contributed by atoms with van der Waals surface area (Å²) in [6, 6.07) is 6.38. The lowest BCUT2D eigenvalue weighted by molar-refractivity contribution is -0.138. The Hall–Kier alpha value is -4.43. The van der Waals surface area contributed by atoms with Gasteiger partial charge in [0.15, 0.2) is 0 Å². The Bertz CT molecular complexity index is 1210. The monoisotopic (exact) mass is 550 g/mol. The van der Waals surface area contributed by atoms with Crippen molar-refractivity contribution in [2.45, 2.75) is 18.5 Å². The van der Waals surface area contributed by atoms with Gasteiger partial charge in [-0.3, -0.25) is 0 Å². The van der Waals surface area contributed by atoms with Crippen LogP contribution in [0.4, 0.5) is 71.9 Å². The lowest BCUT2D eigenvalue weighted by Crippen LogP contribution is -2.22. The lowest BCUT2D eigenvalue weighted by Gasteiger charge is -2.15. The summed E-state index contributed by atoms with van der Waals surface area (Å²) in [7, 11) is 0. The molecule has 3 aromatic rings. The quantitative estimate of drug-likeness (QED) is 0.248. The number of hydrogen-bond acceptors (Lipinski definition) is 2. The number of rotatable bonds is 4. The van der Waals surface area contributed by atoms with Gasteiger partial charge in [0.1, 0.15) is 0 Å². The Labute approximate surface area is 207 Å². The average molecular weight is 550 g/mol. The number of amides is 4. The van der Waals surface area contributed by atoms with E-state index in [9.17, 15) is 49.1 Å². The molecule has 0 aliphatic carbocycles. The Morgan fingerprint density at radius 1 is 0.421 bits per heavy atom. The third-order valence-corrected chi connectivity index (χ3v) is 4.72. The SMILES string of the molecule is O=C(Nc1ccc(C(F)(F)F)cc1)Nc1cc(NC(=O)Nc2ccc(C(F)(F)F)cc2)cc(C(F)(F)F)c1. The van der Waals surface area contributed by atoms with Gasteiger partial charge in [-0.05, 0) is 66.7 Å². The summed E-state index contributed by atoms with van der Waals surface area (Å²) in [5.41, 5.74) is -4.27. The molecule has 0 saturated carbocycles. The maximum Gasteiger partial charge on any atom is 0.416 e. The number of anilines is 4. The number of halogens is 9. The molecule has 0 heterocycles. The normalized spacial score (nSPS) is 12.0. The molecule has 4 N–H and O–H groups in total. The second kappa shape index (κ2) is 10.5. The molecule has 0 bridgehead atoms. The summed E-state index contributed by atoms with van der Waals surface area (Å²) in [6.07, 6.45) is -14.1. The zero-order valence-corrected chi connectivity index (χ0v) is 18.6. The Morgan fingerprint density at radius 3 is 1.00 bits per heavy atom. The highest BCUT2D eigenvalue weighted by Gasteiger charge is 2.32. The van der Waals surface area contributed by atoms with Crippen LogP contribution in [0.2, 0.25) is 0 Å². The number of urea groups is 2. The van der Waals surface area contributed by atoms with Crippen LogP contribution < -0.4 is 21.3 Å². The predicted octanol–water partition coefficient (Wildman–Crippen LogP) is 8.03. The number of alkyl halides is 9. The van der Waals surface area contributed by atoms with Gasteiger partial charge in [0.2, 0.25) is 0 Å². The van der Waals surface area contributed by atoms with Gasteiger partial charge < -0.3 is 21.3 Å². The fourth-order valence-corrected chi connectivity index (χ4v) is 3.01. The molecule has 0 unspecified atom stereocenters. The summed E-state index contributed by atoms with van der Waals surface area (Å²) >= 11 is 0. The molecule has 0 atom stereocenters. The molecule has 0 radical (unpaired) electrons. The minimum Gasteiger partial charge on any atom is -0.308 e. The number of nitrogens with one attached hydrogen (secondary N) is 4. The molecule has 202 valence electrons. The van der Waals surface area contributed by atoms with Gasteiger partial charge in [0.25, 0.3) is 0 Å². The molecule has 38 heavy (non-hydrogen) atoms. The van der Waals surface area contributed by atoms with E-state index < -0.39 is 58.7 Å². The van der Waals surface area contributed by atoms with Crippen LogP contribution in [0.1, 0.15) is 16.7 Å². The first kappa shape index (κ1) is 28.1. The van der Waals surface area contributed by atoms with E-state index in [0.29, 0.717) is 36.4 Å². The van der Waals surface area contributed by atoms with Crippen LogP contribution in [0.3, 0.4) is 0 Å². The van der Waals surface area contributed by atoms with Gasteiger partial charge in [-0.25, -0.2) is 9.59 Å². The smallest absolute Gasteiger partial charge is 0.308 e. The third-order valence-electron chi connectivity index (χ3n) is 4.72. The zero-order valence-electron chi connectivity index (χ0n) is 18.6. The van der Waals surface area contributed by atoms with Crippen molar-refractivity contribution < 1.29 is 49.1 Å². The second-order valence-electron chi connectivity index (χ2n) is 7.61. The molecule has 0 aliphatic heterocycles. The summed E-state index contributed by atoms with van der Waals surface area (Å²) in [5, 5.41) is 8.48. The maximum absolute atomic E-state index is 13.3. The Morgan fingerprint density at radius 2 is 0.711 bits per heavy atom. The topological polar surface area (TPSA) is 82.3 Å². The van der Waals surface area contributed by atoms with E-state index in [1.807, 2.05) is 0 Å². The van der Waals surface area contributed by atoms with Crippen LogP contribution in [-0.4, -0.2) is 12.1 Å². The molecule has 3 rings (SSSR count). The maximum atomic E-state index is 13.3. The molecule has 0 spiro atoms. The standard InChI is InChI=1S/C23H15F9N4O2/c24-21(25,26)12-1-5-15(6-2-12)33-19(37)35-17-9-14(23(30,31)32)10-18(11-17)36-20(38)34-16-7-3-13(4-8-16)22(27,28)29/h1-11H,(H2,33,35,37)(H2,34,36,38). The average Bonchev–Trinajstić information content (AvgIpc) is 2.77. The van der Waals surface area contributed by atoms with Gasteiger partial charge in [-0.1, -0.05) is 0 Å². The Kier molecular flexibility index (Phi) is 7.79. The van der Waals surface area contributed by atoms with E-state index in [0.717, 1.165) is 30.3 Å². The van der Waals surface area contributed by atoms with Crippen molar-refractivity contribution in [3.05, 3.63) is 83.4 Å². The molecule has 0 saturated heterocycles. The molecule has 4 amide bonds. The van der Waals surface area contributed by atoms with Crippen LogP contribution in [0.15, 0.2) is 66.7 Å². The molecule has 0 aliphatic rings. The number of carbonyl (C=O) groups is 2.